The topological polar surface area (TPSA) is 58.2 Å². The van der Waals surface area contributed by atoms with E-state index in [0.29, 0.717) is 23.8 Å². The number of hydrogen-bond donors (Lipinski definition) is 2. The first-order chi connectivity index (χ1) is 7.31. The Kier molecular flexibility index (Phi) is 3.51. The smallest absolute Gasteiger partial charge is 0.315 e. The molecule has 0 saturated carbocycles. The molecule has 0 aromatic heterocycles. The van der Waals surface area contributed by atoms with Gasteiger partial charge in [-0.15, -0.1) is 0 Å². The molecule has 0 bridgehead atoms. The number of thioether (sulfide) groups is 1. The molecule has 5 heteroatoms. The molecule has 4 nitrogen and oxygen atoms in total. The number of carbonyl (C=O) groups is 1. The maximum atomic E-state index is 11.1. The molecule has 15 heavy (non-hydrogen) atoms. The van der Waals surface area contributed by atoms with E-state index in [4.69, 9.17) is 0 Å². The molecule has 2 aliphatic rings. The molecule has 1 radical (unpaired) electrons. The van der Waals surface area contributed by atoms with Gasteiger partial charge in [-0.2, -0.15) is 11.8 Å². The predicted molar refractivity (Wildman–Crippen MR) is 59.7 cm³/mol. The summed E-state index contributed by atoms with van der Waals surface area (Å²) in [4.78, 5) is 21.1. The number of fused-ring (bicyclic) bond motifs is 1. The highest BCUT2D eigenvalue weighted by Gasteiger charge is 2.42. The minimum Gasteiger partial charge on any atom is -0.332 e. The van der Waals surface area contributed by atoms with Crippen LogP contribution >= 0.6 is 11.8 Å². The average molecular weight is 227 g/mol. The molecule has 2 fully saturated rings. The van der Waals surface area contributed by atoms with Crippen molar-refractivity contribution >= 4 is 24.1 Å². The Hall–Kier alpha value is -0.710. The minimum absolute atomic E-state index is 0.0310. The molecule has 3 atom stereocenters. The Morgan fingerprint density at radius 1 is 1.40 bits per heavy atom. The fraction of sp³-hybridized carbons (Fsp3) is 0.800. The average Bonchev–Trinajstić information content (AvgIpc) is 2.73. The monoisotopic (exact) mass is 227 g/mol. The summed E-state index contributed by atoms with van der Waals surface area (Å²) in [6, 6.07) is 0.573. The molecule has 0 unspecified atom stereocenters. The lowest BCUT2D eigenvalue weighted by molar-refractivity contribution is 0.247. The van der Waals surface area contributed by atoms with Gasteiger partial charge in [-0.05, 0) is 12.8 Å². The molecule has 0 aromatic carbocycles. The van der Waals surface area contributed by atoms with Gasteiger partial charge in [0.1, 0.15) is 0 Å². The van der Waals surface area contributed by atoms with Crippen molar-refractivity contribution < 1.29 is 9.59 Å². The zero-order chi connectivity index (χ0) is 10.7. The number of amides is 2. The van der Waals surface area contributed by atoms with Crippen LogP contribution in [-0.4, -0.2) is 35.4 Å². The Morgan fingerprint density at radius 2 is 2.27 bits per heavy atom. The number of rotatable bonds is 5. The Morgan fingerprint density at radius 3 is 3.07 bits per heavy atom. The summed E-state index contributed by atoms with van der Waals surface area (Å²) in [5.41, 5.74) is 0. The van der Waals surface area contributed by atoms with Crippen LogP contribution in [0, 0.1) is 0 Å². The number of hydrogen-bond acceptors (Lipinski definition) is 3. The maximum absolute atomic E-state index is 11.1. The van der Waals surface area contributed by atoms with Gasteiger partial charge < -0.3 is 10.6 Å². The molecule has 0 aromatic rings. The van der Waals surface area contributed by atoms with E-state index in [1.807, 2.05) is 18.0 Å². The van der Waals surface area contributed by atoms with Crippen LogP contribution in [0.2, 0.25) is 0 Å². The Bertz CT molecular complexity index is 260. The van der Waals surface area contributed by atoms with E-state index in [0.717, 1.165) is 25.0 Å². The number of carbonyl (C=O) groups excluding carboxylic acids is 2. The standard InChI is InChI=1S/C10H15N2O2S/c13-5-3-1-2-4-8-9-7(6-15-8)11-10(14)12-9/h7-9H,1-4,6H2,(H2,11,12,14)/t7-,8+,9+/m1/s1. The highest BCUT2D eigenvalue weighted by Crippen LogP contribution is 2.33. The lowest BCUT2D eigenvalue weighted by atomic mass is 10.0. The highest BCUT2D eigenvalue weighted by atomic mass is 32.2. The lowest BCUT2D eigenvalue weighted by Gasteiger charge is -2.15. The fourth-order valence-electron chi connectivity index (χ4n) is 2.19. The first-order valence-corrected chi connectivity index (χ1v) is 6.40. The van der Waals surface area contributed by atoms with Gasteiger partial charge >= 0.3 is 6.03 Å². The zero-order valence-corrected chi connectivity index (χ0v) is 9.31. The van der Waals surface area contributed by atoms with E-state index in [9.17, 15) is 9.59 Å². The second kappa shape index (κ2) is 4.88. The molecule has 0 aliphatic carbocycles. The van der Waals surface area contributed by atoms with Gasteiger partial charge in [0.05, 0.1) is 12.1 Å². The van der Waals surface area contributed by atoms with Gasteiger partial charge in [0, 0.05) is 17.4 Å². The largest absolute Gasteiger partial charge is 0.332 e. The van der Waals surface area contributed by atoms with Gasteiger partial charge in [0.2, 0.25) is 0 Å². The third-order valence-electron chi connectivity index (χ3n) is 2.96. The summed E-state index contributed by atoms with van der Waals surface area (Å²) >= 11 is 1.92. The van der Waals surface area contributed by atoms with E-state index in [1.165, 1.54) is 0 Å². The van der Waals surface area contributed by atoms with Crippen LogP contribution in [0.1, 0.15) is 25.7 Å². The molecule has 0 spiro atoms. The second-order valence-electron chi connectivity index (χ2n) is 4.01. The first-order valence-electron chi connectivity index (χ1n) is 5.35. The normalized spacial score (nSPS) is 33.3. The fourth-order valence-corrected chi connectivity index (χ4v) is 3.73. The molecular weight excluding hydrogens is 212 g/mol. The zero-order valence-electron chi connectivity index (χ0n) is 8.49. The molecular formula is C10H15N2O2S. The molecule has 83 valence electrons. The van der Waals surface area contributed by atoms with E-state index in [-0.39, 0.29) is 6.03 Å². The first kappa shape index (κ1) is 10.8. The summed E-state index contributed by atoms with van der Waals surface area (Å²) in [5.74, 6) is 1.01. The molecule has 2 heterocycles. The SMILES string of the molecule is O=[C]CCCC[C@@H]1SC[C@H]2NC(=O)N[C@H]12. The molecule has 2 aliphatic heterocycles. The van der Waals surface area contributed by atoms with Crippen molar-refractivity contribution in [3.63, 3.8) is 0 Å². The van der Waals surface area contributed by atoms with E-state index < -0.39 is 0 Å². The van der Waals surface area contributed by atoms with Crippen LogP contribution in [0.25, 0.3) is 0 Å². The quantitative estimate of drug-likeness (QED) is 0.540. The van der Waals surface area contributed by atoms with Crippen molar-refractivity contribution in [2.45, 2.75) is 43.0 Å². The molecule has 2 amide bonds. The van der Waals surface area contributed by atoms with Gasteiger partial charge in [-0.3, -0.25) is 4.79 Å². The van der Waals surface area contributed by atoms with Crippen LogP contribution < -0.4 is 10.6 Å². The van der Waals surface area contributed by atoms with Crippen LogP contribution in [0.15, 0.2) is 0 Å². The van der Waals surface area contributed by atoms with E-state index in [2.05, 4.69) is 10.6 Å². The van der Waals surface area contributed by atoms with Crippen molar-refractivity contribution in [1.82, 2.24) is 10.6 Å². The third kappa shape index (κ3) is 2.45. The van der Waals surface area contributed by atoms with Crippen LogP contribution in [0.3, 0.4) is 0 Å². The predicted octanol–water partition coefficient (Wildman–Crippen LogP) is 0.822. The summed E-state index contributed by atoms with van der Waals surface area (Å²) in [6.45, 7) is 0. The van der Waals surface area contributed by atoms with Crippen molar-refractivity contribution in [2.75, 3.05) is 5.75 Å². The van der Waals surface area contributed by atoms with Crippen molar-refractivity contribution in [2.24, 2.45) is 0 Å². The van der Waals surface area contributed by atoms with E-state index in [1.54, 1.807) is 0 Å². The van der Waals surface area contributed by atoms with Crippen molar-refractivity contribution in [3.05, 3.63) is 0 Å². The molecule has 2 rings (SSSR count). The Balaban J connectivity index is 1.74. The van der Waals surface area contributed by atoms with Crippen molar-refractivity contribution in [3.8, 4) is 0 Å². The van der Waals surface area contributed by atoms with Gasteiger partial charge in [0.25, 0.3) is 0 Å². The number of unbranched alkanes of at least 4 members (excludes halogenated alkanes) is 2. The van der Waals surface area contributed by atoms with Gasteiger partial charge in [-0.25, -0.2) is 4.79 Å². The van der Waals surface area contributed by atoms with Gasteiger partial charge in [-0.1, -0.05) is 6.42 Å². The maximum Gasteiger partial charge on any atom is 0.315 e. The van der Waals surface area contributed by atoms with Crippen molar-refractivity contribution in [1.29, 1.82) is 0 Å². The van der Waals surface area contributed by atoms with Crippen LogP contribution in [0.5, 0.6) is 0 Å². The summed E-state index contributed by atoms with van der Waals surface area (Å²) in [7, 11) is 0. The second-order valence-corrected chi connectivity index (χ2v) is 5.28. The van der Waals surface area contributed by atoms with Crippen LogP contribution in [-0.2, 0) is 4.79 Å². The minimum atomic E-state index is -0.0310. The molecule has 2 N–H and O–H groups in total. The Labute approximate surface area is 93.6 Å². The number of nitrogens with one attached hydrogen (secondary N) is 2. The lowest BCUT2D eigenvalue weighted by Crippen LogP contribution is -2.36. The summed E-state index contributed by atoms with van der Waals surface area (Å²) in [6.07, 6.45) is 5.49. The highest BCUT2D eigenvalue weighted by molar-refractivity contribution is 8.00. The summed E-state index contributed by atoms with van der Waals surface area (Å²) in [5, 5.41) is 6.39. The van der Waals surface area contributed by atoms with Crippen LogP contribution in [0.4, 0.5) is 4.79 Å². The summed E-state index contributed by atoms with van der Waals surface area (Å²) < 4.78 is 0. The molecule has 2 saturated heterocycles. The number of urea groups is 1. The van der Waals surface area contributed by atoms with Gasteiger partial charge in [0.15, 0.2) is 6.29 Å². The third-order valence-corrected chi connectivity index (χ3v) is 4.46. The van der Waals surface area contributed by atoms with E-state index >= 15 is 0 Å².